The minimum absolute atomic E-state index is 0.0250. The highest BCUT2D eigenvalue weighted by Crippen LogP contribution is 2.38. The lowest BCUT2D eigenvalue weighted by Crippen LogP contribution is -2.56. The number of likely N-dealkylation sites (tertiary alicyclic amines) is 1. The molecule has 1 saturated carbocycles. The van der Waals surface area contributed by atoms with Crippen molar-refractivity contribution in [2.45, 2.75) is 69.8 Å². The van der Waals surface area contributed by atoms with E-state index in [0.717, 1.165) is 19.4 Å². The Labute approximate surface area is 146 Å². The summed E-state index contributed by atoms with van der Waals surface area (Å²) in [5.41, 5.74) is 0. The smallest absolute Gasteiger partial charge is 0.376 e. The molecule has 1 N–H and O–H groups in total. The van der Waals surface area contributed by atoms with Gasteiger partial charge in [0, 0.05) is 19.5 Å². The molecule has 2 fully saturated rings. The molecule has 24 heavy (non-hydrogen) atoms. The van der Waals surface area contributed by atoms with E-state index in [1.54, 1.807) is 6.92 Å². The zero-order valence-electron chi connectivity index (χ0n) is 14.3. The first-order valence-corrected chi connectivity index (χ1v) is 9.79. The zero-order valence-corrected chi connectivity index (χ0v) is 15.1. The molecule has 2 atom stereocenters. The second-order valence-electron chi connectivity index (χ2n) is 6.70. The number of alkyl halides is 3. The van der Waals surface area contributed by atoms with E-state index in [-0.39, 0.29) is 36.9 Å². The van der Waals surface area contributed by atoms with Crippen molar-refractivity contribution in [2.24, 2.45) is 5.92 Å². The fourth-order valence-electron chi connectivity index (χ4n) is 3.73. The molecule has 1 heterocycles. The van der Waals surface area contributed by atoms with Crippen LogP contribution < -0.4 is 4.72 Å². The summed E-state index contributed by atoms with van der Waals surface area (Å²) in [4.78, 5) is 13.7. The number of amides is 1. The lowest BCUT2D eigenvalue weighted by atomic mass is 9.87. The van der Waals surface area contributed by atoms with Crippen LogP contribution in [-0.4, -0.2) is 54.6 Å². The third-order valence-corrected chi connectivity index (χ3v) is 5.63. The van der Waals surface area contributed by atoms with Crippen molar-refractivity contribution >= 4 is 17.9 Å². The fraction of sp³-hybridized carbons (Fsp3) is 0.938. The summed E-state index contributed by atoms with van der Waals surface area (Å²) in [7, 11) is 0. The second-order valence-corrected chi connectivity index (χ2v) is 7.34. The van der Waals surface area contributed by atoms with Crippen molar-refractivity contribution in [1.29, 1.82) is 0 Å². The van der Waals surface area contributed by atoms with Crippen molar-refractivity contribution in [2.75, 3.05) is 19.4 Å². The van der Waals surface area contributed by atoms with Crippen LogP contribution in [0.5, 0.6) is 0 Å². The lowest BCUT2D eigenvalue weighted by Gasteiger charge is -2.41. The van der Waals surface area contributed by atoms with Gasteiger partial charge in [0.1, 0.15) is 0 Å². The molecule has 140 valence electrons. The van der Waals surface area contributed by atoms with Crippen LogP contribution >= 0.6 is 11.9 Å². The van der Waals surface area contributed by atoms with Gasteiger partial charge in [-0.3, -0.25) is 9.52 Å². The van der Waals surface area contributed by atoms with Crippen molar-refractivity contribution < 1.29 is 22.7 Å². The summed E-state index contributed by atoms with van der Waals surface area (Å²) >= 11 is 1.52. The molecule has 2 aliphatic rings. The molecule has 0 bridgehead atoms. The Hall–Kier alpha value is -0.470. The minimum Gasteiger partial charge on any atom is -0.376 e. The van der Waals surface area contributed by atoms with Gasteiger partial charge in [-0.25, -0.2) is 0 Å². The van der Waals surface area contributed by atoms with E-state index in [4.69, 9.17) is 4.74 Å². The summed E-state index contributed by atoms with van der Waals surface area (Å²) in [6.07, 6.45) is 0.813. The number of piperidine rings is 1. The predicted molar refractivity (Wildman–Crippen MR) is 88.6 cm³/mol. The maximum absolute atomic E-state index is 12.7. The number of carbonyl (C=O) groups excluding carboxylic acids is 1. The molecule has 0 unspecified atom stereocenters. The van der Waals surface area contributed by atoms with Gasteiger partial charge in [-0.05, 0) is 44.8 Å². The van der Waals surface area contributed by atoms with Crippen LogP contribution in [0.4, 0.5) is 13.2 Å². The van der Waals surface area contributed by atoms with Crippen LogP contribution in [0.1, 0.15) is 45.4 Å². The molecule has 1 amide bonds. The number of ether oxygens (including phenoxy) is 1. The summed E-state index contributed by atoms with van der Waals surface area (Å²) in [6.45, 7) is 2.67. The van der Waals surface area contributed by atoms with Crippen molar-refractivity contribution in [3.05, 3.63) is 0 Å². The molecule has 1 saturated heterocycles. The highest BCUT2D eigenvalue weighted by molar-refractivity contribution is 7.96. The summed E-state index contributed by atoms with van der Waals surface area (Å²) in [5, 5.41) is 0. The molecule has 0 aromatic rings. The van der Waals surface area contributed by atoms with Crippen molar-refractivity contribution in [1.82, 2.24) is 9.62 Å². The minimum atomic E-state index is -4.09. The van der Waals surface area contributed by atoms with Gasteiger partial charge in [-0.15, -0.1) is 0 Å². The largest absolute Gasteiger partial charge is 0.391 e. The second kappa shape index (κ2) is 8.76. The molecular weight excluding hydrogens is 341 g/mol. The Morgan fingerprint density at radius 2 is 1.92 bits per heavy atom. The van der Waals surface area contributed by atoms with E-state index < -0.39 is 12.1 Å². The predicted octanol–water partition coefficient (Wildman–Crippen LogP) is 3.37. The molecule has 1 aliphatic carbocycles. The Morgan fingerprint density at radius 1 is 1.25 bits per heavy atom. The molecule has 0 aromatic carbocycles. The van der Waals surface area contributed by atoms with Crippen LogP contribution in [0.25, 0.3) is 0 Å². The van der Waals surface area contributed by atoms with E-state index in [9.17, 15) is 18.0 Å². The third kappa shape index (κ3) is 5.26. The summed E-state index contributed by atoms with van der Waals surface area (Å²) in [6, 6.07) is 0.105. The molecule has 8 heteroatoms. The molecule has 0 aromatic heterocycles. The van der Waals surface area contributed by atoms with Gasteiger partial charge in [-0.2, -0.15) is 13.2 Å². The van der Waals surface area contributed by atoms with Gasteiger partial charge in [0.2, 0.25) is 5.91 Å². The Morgan fingerprint density at radius 3 is 2.46 bits per heavy atom. The van der Waals surface area contributed by atoms with E-state index in [1.807, 2.05) is 11.2 Å². The number of hydrogen-bond donors (Lipinski definition) is 1. The highest BCUT2D eigenvalue weighted by atomic mass is 32.2. The number of nitrogens with zero attached hydrogens (tertiary/aromatic N) is 1. The van der Waals surface area contributed by atoms with Crippen molar-refractivity contribution in [3.63, 3.8) is 0 Å². The number of halogens is 3. The maximum Gasteiger partial charge on any atom is 0.391 e. The average Bonchev–Trinajstić information content (AvgIpc) is 2.53. The fourth-order valence-corrected chi connectivity index (χ4v) is 4.31. The Kier molecular flexibility index (Phi) is 7.24. The van der Waals surface area contributed by atoms with Crippen LogP contribution in [0.15, 0.2) is 0 Å². The molecule has 0 radical (unpaired) electrons. The van der Waals surface area contributed by atoms with Crippen LogP contribution in [0, 0.1) is 5.92 Å². The van der Waals surface area contributed by atoms with Gasteiger partial charge in [0.05, 0.1) is 24.7 Å². The highest BCUT2D eigenvalue weighted by Gasteiger charge is 2.42. The number of carbonyl (C=O) groups is 1. The van der Waals surface area contributed by atoms with E-state index in [2.05, 4.69) is 4.72 Å². The molecule has 2 rings (SSSR count). The number of rotatable bonds is 5. The normalized spacial score (nSPS) is 32.0. The maximum atomic E-state index is 12.7. The number of nitrogens with one attached hydrogen (secondary N) is 1. The molecule has 4 nitrogen and oxygen atoms in total. The van der Waals surface area contributed by atoms with Crippen LogP contribution in [0.2, 0.25) is 0 Å². The average molecular weight is 368 g/mol. The molecule has 1 aliphatic heterocycles. The Bertz CT molecular complexity index is 413. The molecular formula is C16H27F3N2O2S. The first-order valence-electron chi connectivity index (χ1n) is 8.57. The SMILES string of the molecule is CSN[C@H]1CCCN(C(C)=O)[C@H]1COC1CCC(C(F)(F)F)CC1. The Balaban J connectivity index is 1.87. The van der Waals surface area contributed by atoms with Gasteiger partial charge >= 0.3 is 6.18 Å². The lowest BCUT2D eigenvalue weighted by molar-refractivity contribution is -0.188. The molecule has 0 spiro atoms. The first kappa shape index (κ1) is 19.8. The first-order chi connectivity index (χ1) is 11.3. The van der Waals surface area contributed by atoms with Gasteiger partial charge in [0.15, 0.2) is 0 Å². The monoisotopic (exact) mass is 368 g/mol. The number of hydrogen-bond acceptors (Lipinski definition) is 4. The summed E-state index contributed by atoms with van der Waals surface area (Å²) < 4.78 is 47.4. The van der Waals surface area contributed by atoms with Crippen molar-refractivity contribution in [3.8, 4) is 0 Å². The van der Waals surface area contributed by atoms with E-state index in [0.29, 0.717) is 19.4 Å². The van der Waals surface area contributed by atoms with Gasteiger partial charge < -0.3 is 9.64 Å². The standard InChI is InChI=1S/C16H27F3N2O2S/c1-11(22)21-9-3-4-14(20-24-2)15(21)10-23-13-7-5-12(6-8-13)16(17,18)19/h12-15,20H,3-10H2,1-2H3/t12?,13?,14-,15-/m0/s1. The van der Waals surface area contributed by atoms with Gasteiger partial charge in [0.25, 0.3) is 0 Å². The van der Waals surface area contributed by atoms with Gasteiger partial charge in [-0.1, -0.05) is 11.9 Å². The third-order valence-electron chi connectivity index (χ3n) is 5.09. The van der Waals surface area contributed by atoms with Crippen LogP contribution in [-0.2, 0) is 9.53 Å². The quantitative estimate of drug-likeness (QED) is 0.756. The zero-order chi connectivity index (χ0) is 17.7. The van der Waals surface area contributed by atoms with Crippen LogP contribution in [0.3, 0.4) is 0 Å². The van der Waals surface area contributed by atoms with E-state index >= 15 is 0 Å². The van der Waals surface area contributed by atoms with E-state index in [1.165, 1.54) is 11.9 Å². The summed E-state index contributed by atoms with van der Waals surface area (Å²) in [5.74, 6) is -1.16. The topological polar surface area (TPSA) is 41.6 Å².